The molecule has 0 aromatic heterocycles. The average molecular weight is 159 g/mol. The van der Waals surface area contributed by atoms with Crippen molar-refractivity contribution in [2.75, 3.05) is 0 Å². The summed E-state index contributed by atoms with van der Waals surface area (Å²) in [5.41, 5.74) is 0. The Morgan fingerprint density at radius 2 is 1.56 bits per heavy atom. The molecular formula is C7H7ClS. The largest absolute Gasteiger partial charge is 0.0973 e. The van der Waals surface area contributed by atoms with Crippen molar-refractivity contribution in [3.63, 3.8) is 0 Å². The predicted molar refractivity (Wildman–Crippen MR) is 46.2 cm³/mol. The molecule has 0 atom stereocenters. The maximum Gasteiger partial charge on any atom is 0.0405 e. The van der Waals surface area contributed by atoms with Gasteiger partial charge in [-0.15, -0.1) is 0 Å². The van der Waals surface area contributed by atoms with Crippen molar-refractivity contribution in [2.24, 2.45) is 0 Å². The minimum atomic E-state index is 0.794. The van der Waals surface area contributed by atoms with Crippen LogP contribution in [0.1, 0.15) is 0 Å². The zero-order valence-corrected chi connectivity index (χ0v) is 6.45. The van der Waals surface area contributed by atoms with Crippen LogP contribution < -0.4 is 0 Å². The summed E-state index contributed by atoms with van der Waals surface area (Å²) < 4.78 is 0. The van der Waals surface area contributed by atoms with Crippen molar-refractivity contribution < 1.29 is 0 Å². The van der Waals surface area contributed by atoms with E-state index in [2.05, 4.69) is 18.1 Å². The van der Waals surface area contributed by atoms with Crippen molar-refractivity contribution in [1.29, 1.82) is 0 Å². The molecule has 0 N–H and O–H groups in total. The maximum atomic E-state index is 5.54. The molecule has 0 fully saturated rings. The van der Waals surface area contributed by atoms with Crippen LogP contribution in [0.15, 0.2) is 30.3 Å². The molecular weight excluding hydrogens is 152 g/mol. The Bertz CT molecular complexity index is 150. The van der Waals surface area contributed by atoms with Crippen molar-refractivity contribution in [3.8, 4) is 0 Å². The molecule has 0 bridgehead atoms. The first-order chi connectivity index (χ1) is 4.39. The molecule has 1 aromatic carbocycles. The van der Waals surface area contributed by atoms with Gasteiger partial charge in [0.2, 0.25) is 0 Å². The van der Waals surface area contributed by atoms with Gasteiger partial charge in [0.15, 0.2) is 0 Å². The Morgan fingerprint density at radius 3 is 1.78 bits per heavy atom. The maximum absolute atomic E-state index is 5.54. The van der Waals surface area contributed by atoms with Crippen LogP contribution in [0.3, 0.4) is 0 Å². The Labute approximate surface area is 65.5 Å². The van der Waals surface area contributed by atoms with E-state index in [1.807, 2.05) is 30.3 Å². The molecule has 1 rings (SSSR count). The quantitative estimate of drug-likeness (QED) is 0.524. The van der Waals surface area contributed by atoms with E-state index in [1.165, 1.54) is 0 Å². The van der Waals surface area contributed by atoms with Crippen molar-refractivity contribution in [2.45, 2.75) is 0 Å². The molecule has 0 unspecified atom stereocenters. The molecule has 0 amide bonds. The summed E-state index contributed by atoms with van der Waals surface area (Å²) in [5, 5.41) is 0.794. The fraction of sp³-hybridized carbons (Fsp3) is 0. The Morgan fingerprint density at radius 1 is 1.11 bits per heavy atom. The van der Waals surface area contributed by atoms with Crippen LogP contribution in [0, 0.1) is 0 Å². The average Bonchev–Trinajstić information content (AvgIpc) is 1.94. The number of thiocarbonyl (C=S) groups is 1. The van der Waals surface area contributed by atoms with Gasteiger partial charge in [0, 0.05) is 5.02 Å². The van der Waals surface area contributed by atoms with E-state index in [1.54, 1.807) is 0 Å². The summed E-state index contributed by atoms with van der Waals surface area (Å²) >= 11 is 9.37. The third-order valence-corrected chi connectivity index (χ3v) is 0.985. The molecule has 0 saturated heterocycles. The molecule has 0 aliphatic rings. The second kappa shape index (κ2) is 5.73. The lowest BCUT2D eigenvalue weighted by Gasteiger charge is -1.80. The molecule has 0 aliphatic heterocycles. The molecule has 1 aromatic rings. The molecule has 0 spiro atoms. The fourth-order valence-corrected chi connectivity index (χ4v) is 0.560. The van der Waals surface area contributed by atoms with Gasteiger partial charge in [-0.3, -0.25) is 0 Å². The SMILES string of the molecule is C=S.Clc1ccccc1. The molecule has 0 aliphatic carbocycles. The van der Waals surface area contributed by atoms with Gasteiger partial charge in [-0.05, 0) is 18.0 Å². The topological polar surface area (TPSA) is 0 Å². The van der Waals surface area contributed by atoms with E-state index in [9.17, 15) is 0 Å². The predicted octanol–water partition coefficient (Wildman–Crippen LogP) is 2.96. The minimum absolute atomic E-state index is 0.794. The third kappa shape index (κ3) is 4.13. The molecule has 0 heterocycles. The first-order valence-electron chi connectivity index (χ1n) is 2.39. The highest BCUT2D eigenvalue weighted by atomic mass is 35.5. The summed E-state index contributed by atoms with van der Waals surface area (Å²) in [7, 11) is 0. The normalized spacial score (nSPS) is 7.22. The zero-order chi connectivity index (χ0) is 7.11. The lowest BCUT2D eigenvalue weighted by atomic mass is 10.4. The number of hydrogen-bond donors (Lipinski definition) is 0. The number of benzene rings is 1. The van der Waals surface area contributed by atoms with Crippen LogP contribution >= 0.6 is 23.8 Å². The Hall–Kier alpha value is -0.400. The highest BCUT2D eigenvalue weighted by Crippen LogP contribution is 2.03. The standard InChI is InChI=1S/C6H5Cl.CH2S/c7-6-4-2-1-3-5-6;1-2/h1-5H;1H2. The molecule has 0 saturated carbocycles. The van der Waals surface area contributed by atoms with Gasteiger partial charge >= 0.3 is 0 Å². The van der Waals surface area contributed by atoms with Gasteiger partial charge in [0.25, 0.3) is 0 Å². The van der Waals surface area contributed by atoms with E-state index in [-0.39, 0.29) is 0 Å². The number of hydrogen-bond acceptors (Lipinski definition) is 1. The molecule has 48 valence electrons. The van der Waals surface area contributed by atoms with Crippen molar-refractivity contribution in [1.82, 2.24) is 0 Å². The monoisotopic (exact) mass is 158 g/mol. The summed E-state index contributed by atoms with van der Waals surface area (Å²) in [6.45, 7) is 0. The van der Waals surface area contributed by atoms with E-state index >= 15 is 0 Å². The smallest absolute Gasteiger partial charge is 0.0405 e. The first kappa shape index (κ1) is 8.60. The molecule has 0 radical (unpaired) electrons. The summed E-state index contributed by atoms with van der Waals surface area (Å²) in [6.07, 6.45) is 0. The zero-order valence-electron chi connectivity index (χ0n) is 4.88. The van der Waals surface area contributed by atoms with Gasteiger partial charge in [0.05, 0.1) is 0 Å². The van der Waals surface area contributed by atoms with Crippen LogP contribution in [0.4, 0.5) is 0 Å². The third-order valence-electron chi connectivity index (χ3n) is 0.733. The van der Waals surface area contributed by atoms with Gasteiger partial charge in [-0.25, -0.2) is 0 Å². The van der Waals surface area contributed by atoms with Gasteiger partial charge in [-0.1, -0.05) is 42.0 Å². The van der Waals surface area contributed by atoms with E-state index in [4.69, 9.17) is 11.6 Å². The number of halogens is 1. The lowest BCUT2D eigenvalue weighted by Crippen LogP contribution is -1.55. The summed E-state index contributed by atoms with van der Waals surface area (Å²) in [4.78, 5) is 0. The summed E-state index contributed by atoms with van der Waals surface area (Å²) in [6, 6.07) is 9.44. The second-order valence-corrected chi connectivity index (χ2v) is 1.73. The molecule has 2 heteroatoms. The lowest BCUT2D eigenvalue weighted by molar-refractivity contribution is 1.71. The van der Waals surface area contributed by atoms with Crippen LogP contribution in [-0.4, -0.2) is 5.87 Å². The van der Waals surface area contributed by atoms with Gasteiger partial charge in [-0.2, -0.15) is 0 Å². The van der Waals surface area contributed by atoms with Crippen molar-refractivity contribution >= 4 is 29.7 Å². The van der Waals surface area contributed by atoms with E-state index in [0.717, 1.165) is 5.02 Å². The Kier molecular flexibility index (Phi) is 5.48. The van der Waals surface area contributed by atoms with E-state index < -0.39 is 0 Å². The summed E-state index contributed by atoms with van der Waals surface area (Å²) in [5.74, 6) is 2.83. The minimum Gasteiger partial charge on any atom is -0.0973 e. The Balaban J connectivity index is 0.000000291. The second-order valence-electron chi connectivity index (χ2n) is 1.30. The molecule has 9 heavy (non-hydrogen) atoms. The highest BCUT2D eigenvalue weighted by Gasteiger charge is 1.74. The van der Waals surface area contributed by atoms with Crippen molar-refractivity contribution in [3.05, 3.63) is 35.4 Å². The van der Waals surface area contributed by atoms with Crippen LogP contribution in [0.5, 0.6) is 0 Å². The van der Waals surface area contributed by atoms with Gasteiger partial charge < -0.3 is 0 Å². The highest BCUT2D eigenvalue weighted by molar-refractivity contribution is 7.77. The van der Waals surface area contributed by atoms with E-state index in [0.29, 0.717) is 0 Å². The van der Waals surface area contributed by atoms with Crippen LogP contribution in [0.2, 0.25) is 5.02 Å². The van der Waals surface area contributed by atoms with Crippen LogP contribution in [-0.2, 0) is 0 Å². The fourth-order valence-electron chi connectivity index (χ4n) is 0.415. The number of rotatable bonds is 0. The molecule has 0 nitrogen and oxygen atoms in total. The van der Waals surface area contributed by atoms with Crippen LogP contribution in [0.25, 0.3) is 0 Å². The first-order valence-corrected chi connectivity index (χ1v) is 3.34. The van der Waals surface area contributed by atoms with Gasteiger partial charge in [0.1, 0.15) is 0 Å².